The van der Waals surface area contributed by atoms with Gasteiger partial charge in [-0.15, -0.1) is 10.2 Å². The third-order valence-electron chi connectivity index (χ3n) is 4.02. The van der Waals surface area contributed by atoms with E-state index in [1.54, 1.807) is 25.0 Å². The average Bonchev–Trinajstić information content (AvgIpc) is 3.01. The molecule has 1 aliphatic heterocycles. The van der Waals surface area contributed by atoms with E-state index in [2.05, 4.69) is 10.2 Å². The zero-order valence-electron chi connectivity index (χ0n) is 12.6. The van der Waals surface area contributed by atoms with Crippen molar-refractivity contribution in [2.45, 2.75) is 44.8 Å². The second-order valence-corrected chi connectivity index (χ2v) is 5.57. The highest BCUT2D eigenvalue weighted by atomic mass is 16.6. The van der Waals surface area contributed by atoms with Crippen LogP contribution in [0.4, 0.5) is 0 Å². The van der Waals surface area contributed by atoms with Gasteiger partial charge in [0, 0.05) is 33.0 Å². The van der Waals surface area contributed by atoms with Gasteiger partial charge in [0.2, 0.25) is 23.4 Å². The van der Waals surface area contributed by atoms with Gasteiger partial charge in [-0.05, 0) is 12.8 Å². The number of hydrogen-bond donors (Lipinski definition) is 0. The molecule has 1 fully saturated rings. The lowest BCUT2D eigenvalue weighted by Gasteiger charge is -2.37. The molecular weight excluding hydrogens is 272 g/mol. The number of hydrazone groups is 1. The van der Waals surface area contributed by atoms with Gasteiger partial charge in [0.1, 0.15) is 5.56 Å². The van der Waals surface area contributed by atoms with Crippen LogP contribution >= 0.6 is 0 Å². The number of ether oxygens (including phenoxy) is 2. The van der Waals surface area contributed by atoms with E-state index >= 15 is 0 Å². The van der Waals surface area contributed by atoms with E-state index in [0.29, 0.717) is 17.3 Å². The van der Waals surface area contributed by atoms with E-state index in [0.717, 1.165) is 25.7 Å². The molecule has 0 radical (unpaired) electrons. The van der Waals surface area contributed by atoms with E-state index in [1.165, 1.54) is 18.4 Å². The summed E-state index contributed by atoms with van der Waals surface area (Å²) in [5.41, 5.74) is 0.0500. The van der Waals surface area contributed by atoms with Crippen molar-refractivity contribution >= 4 is 11.8 Å². The van der Waals surface area contributed by atoms with E-state index in [-0.39, 0.29) is 5.91 Å². The first-order chi connectivity index (χ1) is 10.1. The highest BCUT2D eigenvalue weighted by Gasteiger charge is 2.48. The van der Waals surface area contributed by atoms with Gasteiger partial charge in [-0.25, -0.2) is 0 Å². The lowest BCUT2D eigenvalue weighted by atomic mass is 9.91. The monoisotopic (exact) mass is 292 g/mol. The fourth-order valence-electron chi connectivity index (χ4n) is 3.08. The topological polar surface area (TPSA) is 69.0 Å². The van der Waals surface area contributed by atoms with Crippen molar-refractivity contribution < 1.29 is 14.3 Å². The number of hydrogen-bond acceptors (Lipinski definition) is 5. The second-order valence-electron chi connectivity index (χ2n) is 5.57. The van der Waals surface area contributed by atoms with Crippen molar-refractivity contribution in [2.24, 2.45) is 12.1 Å². The normalized spacial score (nSPS) is 20.3. The summed E-state index contributed by atoms with van der Waals surface area (Å²) in [7, 11) is 3.36. The van der Waals surface area contributed by atoms with Crippen LogP contribution in [0.5, 0.6) is 5.88 Å². The molecule has 0 saturated heterocycles. The SMILES string of the molecule is COc1nn(C)cc1C1=NN(C(C)=O)C2(CCCCC2)O1. The Morgan fingerprint density at radius 1 is 1.38 bits per heavy atom. The fraction of sp³-hybridized carbons (Fsp3) is 0.643. The minimum atomic E-state index is -0.625. The Morgan fingerprint density at radius 3 is 2.71 bits per heavy atom. The number of aryl methyl sites for hydroxylation is 1. The molecule has 0 N–H and O–H groups in total. The van der Waals surface area contributed by atoms with Crippen LogP contribution in [-0.2, 0) is 16.6 Å². The molecule has 0 unspecified atom stereocenters. The van der Waals surface area contributed by atoms with Crippen molar-refractivity contribution in [3.8, 4) is 5.88 Å². The predicted molar refractivity (Wildman–Crippen MR) is 75.7 cm³/mol. The molecule has 2 aliphatic rings. The smallest absolute Gasteiger partial charge is 0.248 e. The molecular formula is C14H20N4O3. The van der Waals surface area contributed by atoms with Gasteiger partial charge in [-0.2, -0.15) is 5.01 Å². The summed E-state index contributed by atoms with van der Waals surface area (Å²) in [5.74, 6) is 0.763. The quantitative estimate of drug-likeness (QED) is 0.830. The summed E-state index contributed by atoms with van der Waals surface area (Å²) in [6.07, 6.45) is 6.65. The summed E-state index contributed by atoms with van der Waals surface area (Å²) in [4.78, 5) is 11.9. The number of nitrogens with zero attached hydrogens (tertiary/aromatic N) is 4. The molecule has 0 atom stereocenters. The van der Waals surface area contributed by atoms with Crippen LogP contribution < -0.4 is 4.74 Å². The minimum Gasteiger partial charge on any atom is -0.479 e. The van der Waals surface area contributed by atoms with Gasteiger partial charge < -0.3 is 9.47 Å². The first-order valence-electron chi connectivity index (χ1n) is 7.22. The molecule has 7 heteroatoms. The van der Waals surface area contributed by atoms with Crippen LogP contribution in [0.15, 0.2) is 11.3 Å². The van der Waals surface area contributed by atoms with Crippen molar-refractivity contribution in [2.75, 3.05) is 7.11 Å². The fourth-order valence-corrected chi connectivity index (χ4v) is 3.08. The molecule has 1 spiro atoms. The molecule has 114 valence electrons. The number of carbonyl (C=O) groups excluding carboxylic acids is 1. The van der Waals surface area contributed by atoms with Crippen molar-refractivity contribution in [3.63, 3.8) is 0 Å². The number of rotatable bonds is 2. The van der Waals surface area contributed by atoms with E-state index in [1.807, 2.05) is 0 Å². The average molecular weight is 292 g/mol. The maximum absolute atomic E-state index is 11.9. The van der Waals surface area contributed by atoms with Crippen LogP contribution in [0.2, 0.25) is 0 Å². The third kappa shape index (κ3) is 2.26. The van der Waals surface area contributed by atoms with E-state index in [9.17, 15) is 4.79 Å². The maximum Gasteiger partial charge on any atom is 0.248 e. The number of amides is 1. The highest BCUT2D eigenvalue weighted by molar-refractivity contribution is 5.98. The van der Waals surface area contributed by atoms with Crippen LogP contribution in [0.1, 0.15) is 44.6 Å². The molecule has 7 nitrogen and oxygen atoms in total. The lowest BCUT2D eigenvalue weighted by molar-refractivity contribution is -0.151. The number of methoxy groups -OCH3 is 1. The Hall–Kier alpha value is -2.05. The largest absolute Gasteiger partial charge is 0.479 e. The molecule has 21 heavy (non-hydrogen) atoms. The Morgan fingerprint density at radius 2 is 2.10 bits per heavy atom. The molecule has 1 amide bonds. The molecule has 1 aromatic rings. The Balaban J connectivity index is 1.97. The van der Waals surface area contributed by atoms with Crippen molar-refractivity contribution in [3.05, 3.63) is 11.8 Å². The van der Waals surface area contributed by atoms with Crippen LogP contribution in [0.25, 0.3) is 0 Å². The second kappa shape index (κ2) is 5.05. The predicted octanol–water partition coefficient (Wildman–Crippen LogP) is 1.63. The Bertz CT molecular complexity index is 587. The van der Waals surface area contributed by atoms with Gasteiger partial charge in [-0.1, -0.05) is 6.42 Å². The molecule has 1 aromatic heterocycles. The van der Waals surface area contributed by atoms with Gasteiger partial charge in [0.15, 0.2) is 0 Å². The zero-order chi connectivity index (χ0) is 15.0. The molecule has 0 aromatic carbocycles. The van der Waals surface area contributed by atoms with Gasteiger partial charge in [-0.3, -0.25) is 9.48 Å². The van der Waals surface area contributed by atoms with Crippen LogP contribution in [-0.4, -0.2) is 39.4 Å². The first kappa shape index (κ1) is 13.9. The van der Waals surface area contributed by atoms with E-state index in [4.69, 9.17) is 9.47 Å². The van der Waals surface area contributed by atoms with Crippen LogP contribution in [0, 0.1) is 0 Å². The summed E-state index contributed by atoms with van der Waals surface area (Å²) in [6.45, 7) is 1.52. The minimum absolute atomic E-state index is 0.102. The van der Waals surface area contributed by atoms with Crippen LogP contribution in [0.3, 0.4) is 0 Å². The highest BCUT2D eigenvalue weighted by Crippen LogP contribution is 2.40. The summed E-state index contributed by atoms with van der Waals surface area (Å²) >= 11 is 0. The summed E-state index contributed by atoms with van der Waals surface area (Å²) in [6, 6.07) is 0. The lowest BCUT2D eigenvalue weighted by Crippen LogP contribution is -2.48. The number of carbonyl (C=O) groups is 1. The first-order valence-corrected chi connectivity index (χ1v) is 7.22. The maximum atomic E-state index is 11.9. The summed E-state index contributed by atoms with van der Waals surface area (Å²) < 4.78 is 13.0. The summed E-state index contributed by atoms with van der Waals surface area (Å²) in [5, 5.41) is 10.1. The molecule has 1 saturated carbocycles. The van der Waals surface area contributed by atoms with E-state index < -0.39 is 5.72 Å². The zero-order valence-corrected chi connectivity index (χ0v) is 12.6. The Kier molecular flexibility index (Phi) is 3.35. The Labute approximate surface area is 123 Å². The number of aromatic nitrogens is 2. The van der Waals surface area contributed by atoms with Gasteiger partial charge in [0.25, 0.3) is 0 Å². The van der Waals surface area contributed by atoms with Crippen molar-refractivity contribution in [1.82, 2.24) is 14.8 Å². The molecule has 3 rings (SSSR count). The molecule has 1 aliphatic carbocycles. The molecule has 2 heterocycles. The van der Waals surface area contributed by atoms with Gasteiger partial charge in [0.05, 0.1) is 7.11 Å². The third-order valence-corrected chi connectivity index (χ3v) is 4.02. The van der Waals surface area contributed by atoms with Gasteiger partial charge >= 0.3 is 0 Å². The van der Waals surface area contributed by atoms with Crippen molar-refractivity contribution in [1.29, 1.82) is 0 Å². The molecule has 0 bridgehead atoms. The standard InChI is InChI=1S/C14H20N4O3/c1-10(19)18-14(7-5-4-6-8-14)21-13(16-18)11-9-17(2)15-12(11)20-3/h9H,4-8H2,1-3H3.